The van der Waals surface area contributed by atoms with Crippen LogP contribution in [0, 0.1) is 6.07 Å². The topological polar surface area (TPSA) is 27.1 Å². The van der Waals surface area contributed by atoms with Gasteiger partial charge in [-0.05, 0) is 11.3 Å². The molecule has 1 radical (unpaired) electrons. The Morgan fingerprint density at radius 3 is 2.38 bits per heavy atom. The van der Waals surface area contributed by atoms with Gasteiger partial charge in [0.05, 0.1) is 7.11 Å². The molecule has 0 unspecified atom stereocenters. The molecule has 2 aromatic carbocycles. The van der Waals surface area contributed by atoms with E-state index in [0.29, 0.717) is 5.69 Å². The van der Waals surface area contributed by atoms with Gasteiger partial charge in [-0.3, -0.25) is 4.68 Å². The summed E-state index contributed by atoms with van der Waals surface area (Å²) in [5.41, 5.74) is 1.30. The first-order valence-electron chi connectivity index (χ1n) is 6.77. The molecule has 0 saturated carbocycles. The average molecular weight is 510 g/mol. The summed E-state index contributed by atoms with van der Waals surface area (Å²) in [6.07, 6.45) is -3.62. The molecule has 0 aliphatic carbocycles. The first kappa shape index (κ1) is 18.2. The largest absolute Gasteiger partial charge is 0.479 e. The van der Waals surface area contributed by atoms with E-state index in [1.54, 1.807) is 12.1 Å². The van der Waals surface area contributed by atoms with Crippen molar-refractivity contribution < 1.29 is 38.0 Å². The molecule has 3 nitrogen and oxygen atoms in total. The maximum atomic E-state index is 13.0. The minimum Gasteiger partial charge on any atom is -0.479 e. The van der Waals surface area contributed by atoms with Gasteiger partial charge < -0.3 is 4.74 Å². The first-order chi connectivity index (χ1) is 11.0. The molecule has 0 aliphatic rings. The number of rotatable bonds is 3. The molecular formula is C17H12F3IrN2O-. The van der Waals surface area contributed by atoms with E-state index in [1.165, 1.54) is 0 Å². The fraction of sp³-hybridized carbons (Fsp3) is 0.118. The van der Waals surface area contributed by atoms with Gasteiger partial charge in [0, 0.05) is 26.3 Å². The van der Waals surface area contributed by atoms with E-state index in [9.17, 15) is 13.2 Å². The van der Waals surface area contributed by atoms with Crippen LogP contribution in [0.15, 0.2) is 54.7 Å². The molecule has 0 spiro atoms. The number of methoxy groups -OCH3 is 1. The monoisotopic (exact) mass is 510 g/mol. The number of hydrogen-bond acceptors (Lipinski definition) is 2. The van der Waals surface area contributed by atoms with Crippen molar-refractivity contribution in [2.75, 3.05) is 7.11 Å². The van der Waals surface area contributed by atoms with Crippen molar-refractivity contribution >= 4 is 0 Å². The summed E-state index contributed by atoms with van der Waals surface area (Å²) in [5.74, 6) is -0.462. The Morgan fingerprint density at radius 1 is 1.08 bits per heavy atom. The van der Waals surface area contributed by atoms with Crippen LogP contribution in [0.25, 0.3) is 16.8 Å². The smallest absolute Gasteiger partial charge is 0.423 e. The van der Waals surface area contributed by atoms with Gasteiger partial charge in [-0.15, -0.1) is 16.7 Å². The molecule has 24 heavy (non-hydrogen) atoms. The maximum Gasteiger partial charge on any atom is 0.423 e. The van der Waals surface area contributed by atoms with Crippen LogP contribution < -0.4 is 4.74 Å². The Morgan fingerprint density at radius 2 is 1.79 bits per heavy atom. The van der Waals surface area contributed by atoms with Crippen LogP contribution in [0.5, 0.6) is 5.88 Å². The predicted octanol–water partition coefficient (Wildman–Crippen LogP) is 4.36. The Hall–Kier alpha value is -2.11. The predicted molar refractivity (Wildman–Crippen MR) is 79.4 cm³/mol. The number of halogens is 3. The summed E-state index contributed by atoms with van der Waals surface area (Å²) in [5, 5.41) is 3.84. The molecule has 127 valence electrons. The second-order valence-electron chi connectivity index (χ2n) is 4.82. The molecule has 1 aromatic heterocycles. The van der Waals surface area contributed by atoms with E-state index < -0.39 is 17.6 Å². The molecule has 1 heterocycles. The molecule has 0 atom stereocenters. The Labute approximate surface area is 150 Å². The summed E-state index contributed by atoms with van der Waals surface area (Å²) in [6, 6.07) is 17.6. The Bertz CT molecular complexity index is 816. The molecule has 0 aliphatic heterocycles. The minimum absolute atomic E-state index is 0. The number of alkyl halides is 3. The van der Waals surface area contributed by atoms with Gasteiger partial charge >= 0.3 is 6.18 Å². The minimum atomic E-state index is -4.53. The zero-order valence-electron chi connectivity index (χ0n) is 12.5. The summed E-state index contributed by atoms with van der Waals surface area (Å²) < 4.78 is 44.7. The summed E-state index contributed by atoms with van der Waals surface area (Å²) in [6.45, 7) is 0. The van der Waals surface area contributed by atoms with E-state index >= 15 is 0 Å². The van der Waals surface area contributed by atoms with E-state index in [4.69, 9.17) is 4.74 Å². The van der Waals surface area contributed by atoms with Crippen molar-refractivity contribution in [2.45, 2.75) is 6.18 Å². The van der Waals surface area contributed by atoms with Crippen LogP contribution >= 0.6 is 0 Å². The van der Waals surface area contributed by atoms with Crippen LogP contribution in [0.4, 0.5) is 13.2 Å². The summed E-state index contributed by atoms with van der Waals surface area (Å²) in [4.78, 5) is 0. The quantitative estimate of drug-likeness (QED) is 0.491. The number of benzene rings is 2. The van der Waals surface area contributed by atoms with E-state index in [2.05, 4.69) is 11.2 Å². The van der Waals surface area contributed by atoms with E-state index in [-0.39, 0.29) is 20.1 Å². The van der Waals surface area contributed by atoms with Gasteiger partial charge in [0.1, 0.15) is 5.56 Å². The normalized spacial score (nSPS) is 11.0. The van der Waals surface area contributed by atoms with Crippen molar-refractivity contribution in [3.05, 3.63) is 66.4 Å². The van der Waals surface area contributed by atoms with Gasteiger partial charge in [-0.2, -0.15) is 31.4 Å². The van der Waals surface area contributed by atoms with Crippen LogP contribution in [-0.2, 0) is 26.3 Å². The van der Waals surface area contributed by atoms with E-state index in [1.807, 2.05) is 36.4 Å². The summed E-state index contributed by atoms with van der Waals surface area (Å²) >= 11 is 0. The van der Waals surface area contributed by atoms with E-state index in [0.717, 1.165) is 29.1 Å². The third-order valence-electron chi connectivity index (χ3n) is 3.32. The fourth-order valence-corrected chi connectivity index (χ4v) is 2.22. The van der Waals surface area contributed by atoms with Gasteiger partial charge in [-0.1, -0.05) is 30.3 Å². The molecule has 0 saturated heterocycles. The van der Waals surface area contributed by atoms with Crippen molar-refractivity contribution in [2.24, 2.45) is 0 Å². The Kier molecular flexibility index (Phi) is 5.47. The SMILES string of the molecule is COc1nn(-c2[c-]ccc(-c3ccccc3)c2)cc1C(F)(F)F.[Ir]. The van der Waals surface area contributed by atoms with Crippen molar-refractivity contribution in [1.29, 1.82) is 0 Å². The standard InChI is InChI=1S/C17H12F3N2O.Ir/c1-23-16-15(17(18,19)20)11-22(21-16)14-9-5-8-13(10-14)12-6-3-2-4-7-12;/h2-8,10-11H,1H3;/q-1;. The number of ether oxygens (including phenoxy) is 1. The van der Waals surface area contributed by atoms with Gasteiger partial charge in [0.15, 0.2) is 0 Å². The third-order valence-corrected chi connectivity index (χ3v) is 3.32. The molecule has 0 bridgehead atoms. The van der Waals surface area contributed by atoms with Crippen LogP contribution in [0.2, 0.25) is 0 Å². The van der Waals surface area contributed by atoms with Crippen molar-refractivity contribution in [1.82, 2.24) is 9.78 Å². The fourth-order valence-electron chi connectivity index (χ4n) is 2.22. The average Bonchev–Trinajstić information content (AvgIpc) is 3.01. The maximum absolute atomic E-state index is 13.0. The van der Waals surface area contributed by atoms with Gasteiger partial charge in [0.25, 0.3) is 0 Å². The molecule has 0 N–H and O–H groups in total. The zero-order chi connectivity index (χ0) is 16.4. The molecule has 3 rings (SSSR count). The van der Waals surface area contributed by atoms with Crippen LogP contribution in [0.3, 0.4) is 0 Å². The molecule has 0 fully saturated rings. The molecular weight excluding hydrogens is 497 g/mol. The van der Waals surface area contributed by atoms with Crippen LogP contribution in [0.1, 0.15) is 5.56 Å². The molecule has 0 amide bonds. The third kappa shape index (κ3) is 3.68. The van der Waals surface area contributed by atoms with Crippen molar-refractivity contribution in [3.8, 4) is 22.7 Å². The Balaban J connectivity index is 0.00000208. The first-order valence-corrected chi connectivity index (χ1v) is 6.77. The molecule has 3 aromatic rings. The number of aromatic nitrogens is 2. The number of nitrogens with zero attached hydrogens (tertiary/aromatic N) is 2. The summed E-state index contributed by atoms with van der Waals surface area (Å²) in [7, 11) is 1.16. The zero-order valence-corrected chi connectivity index (χ0v) is 14.9. The number of hydrogen-bond donors (Lipinski definition) is 0. The van der Waals surface area contributed by atoms with Crippen molar-refractivity contribution in [3.63, 3.8) is 0 Å². The van der Waals surface area contributed by atoms with Gasteiger partial charge in [0.2, 0.25) is 5.88 Å². The van der Waals surface area contributed by atoms with Crippen LogP contribution in [-0.4, -0.2) is 16.9 Å². The second-order valence-corrected chi connectivity index (χ2v) is 4.82. The second kappa shape index (κ2) is 7.20. The van der Waals surface area contributed by atoms with Gasteiger partial charge in [-0.25, -0.2) is 0 Å². The molecule has 7 heteroatoms.